The first-order chi connectivity index (χ1) is 17.4. The van der Waals surface area contributed by atoms with Crippen LogP contribution in [-0.2, 0) is 13.1 Å². The summed E-state index contributed by atoms with van der Waals surface area (Å²) in [6.07, 6.45) is 4.51. The molecule has 36 heavy (non-hydrogen) atoms. The molecule has 1 N–H and O–H groups in total. The molecular weight excluding hydrogens is 455 g/mol. The Hall–Kier alpha value is -3.39. The van der Waals surface area contributed by atoms with Gasteiger partial charge in [-0.3, -0.25) is 9.69 Å². The van der Waals surface area contributed by atoms with Gasteiger partial charge < -0.3 is 4.98 Å². The van der Waals surface area contributed by atoms with Crippen LogP contribution in [0.4, 0.5) is 4.39 Å². The van der Waals surface area contributed by atoms with Crippen LogP contribution >= 0.6 is 0 Å². The second kappa shape index (κ2) is 10.3. The van der Waals surface area contributed by atoms with E-state index in [-0.39, 0.29) is 23.3 Å². The van der Waals surface area contributed by atoms with Crippen molar-refractivity contribution in [3.63, 3.8) is 0 Å². The number of pyridine rings is 1. The van der Waals surface area contributed by atoms with Crippen LogP contribution in [0, 0.1) is 18.7 Å². The number of fused-ring (bicyclic) bond motifs is 1. The number of halogens is 1. The van der Waals surface area contributed by atoms with Gasteiger partial charge in [-0.05, 0) is 76.9 Å². The van der Waals surface area contributed by atoms with Crippen molar-refractivity contribution in [1.29, 1.82) is 0 Å². The van der Waals surface area contributed by atoms with Crippen LogP contribution < -0.4 is 5.56 Å². The lowest BCUT2D eigenvalue weighted by Gasteiger charge is -2.34. The zero-order valence-electron chi connectivity index (χ0n) is 21.1. The zero-order valence-corrected chi connectivity index (χ0v) is 21.1. The average Bonchev–Trinajstić information content (AvgIpc) is 3.53. The maximum absolute atomic E-state index is 13.6. The Morgan fingerprint density at radius 2 is 1.83 bits per heavy atom. The molecule has 2 aromatic carbocycles. The van der Waals surface area contributed by atoms with E-state index in [4.69, 9.17) is 0 Å². The maximum Gasteiger partial charge on any atom is 0.252 e. The number of nitrogens with one attached hydrogen (secondary N) is 1. The number of H-pyrrole nitrogens is 1. The smallest absolute Gasteiger partial charge is 0.252 e. The SMILES string of the molecule is Cc1ccc2cc(CN(Cc3ccc(F)cc3)[C@H](c3nnnn3C3CCCC3)C(C)C)c(=O)[nH]c2c1. The van der Waals surface area contributed by atoms with E-state index in [1.54, 1.807) is 12.1 Å². The van der Waals surface area contributed by atoms with Crippen LogP contribution in [0.1, 0.15) is 74.1 Å². The number of rotatable bonds is 8. The van der Waals surface area contributed by atoms with Gasteiger partial charge in [0.2, 0.25) is 0 Å². The molecule has 1 aliphatic rings. The normalized spacial score (nSPS) is 15.4. The summed E-state index contributed by atoms with van der Waals surface area (Å²) >= 11 is 0. The summed E-state index contributed by atoms with van der Waals surface area (Å²) in [4.78, 5) is 18.5. The van der Waals surface area contributed by atoms with Gasteiger partial charge in [0.1, 0.15) is 5.82 Å². The topological polar surface area (TPSA) is 79.7 Å². The number of hydrogen-bond donors (Lipinski definition) is 1. The highest BCUT2D eigenvalue weighted by atomic mass is 19.1. The molecule has 0 spiro atoms. The first-order valence-corrected chi connectivity index (χ1v) is 12.8. The first-order valence-electron chi connectivity index (χ1n) is 12.8. The molecule has 2 aromatic heterocycles. The number of aryl methyl sites for hydroxylation is 1. The minimum Gasteiger partial charge on any atom is -0.322 e. The van der Waals surface area contributed by atoms with Crippen molar-refractivity contribution in [2.75, 3.05) is 0 Å². The lowest BCUT2D eigenvalue weighted by molar-refractivity contribution is 0.123. The molecule has 0 saturated heterocycles. The molecule has 8 heteroatoms. The maximum atomic E-state index is 13.6. The molecular formula is C28H33FN6O. The van der Waals surface area contributed by atoms with Crippen molar-refractivity contribution in [2.24, 2.45) is 5.92 Å². The standard InChI is InChI=1S/C28H33FN6O/c1-18(2)26(27-31-32-33-35(27)24-6-4-5-7-24)34(16-20-9-12-23(29)13-10-20)17-22-15-21-11-8-19(3)14-25(21)30-28(22)36/h8-15,18,24,26H,4-7,16-17H2,1-3H3,(H,30,36)/t26-/m0/s1. The molecule has 4 aromatic rings. The van der Waals surface area contributed by atoms with Gasteiger partial charge in [0, 0.05) is 24.2 Å². The lowest BCUT2D eigenvalue weighted by atomic mass is 9.99. The van der Waals surface area contributed by atoms with E-state index in [1.807, 2.05) is 35.9 Å². The highest BCUT2D eigenvalue weighted by Gasteiger charge is 2.32. The molecule has 0 unspecified atom stereocenters. The van der Waals surface area contributed by atoms with Crippen LogP contribution in [0.3, 0.4) is 0 Å². The van der Waals surface area contributed by atoms with E-state index in [2.05, 4.69) is 39.3 Å². The van der Waals surface area contributed by atoms with Crippen LogP contribution in [-0.4, -0.2) is 30.1 Å². The third-order valence-electron chi connectivity index (χ3n) is 7.23. The Bertz CT molecular complexity index is 1390. The van der Waals surface area contributed by atoms with Crippen LogP contribution in [0.15, 0.2) is 53.3 Å². The van der Waals surface area contributed by atoms with Gasteiger partial charge in [-0.25, -0.2) is 9.07 Å². The molecule has 0 amide bonds. The Labute approximate surface area is 210 Å². The number of aromatic nitrogens is 5. The fourth-order valence-corrected chi connectivity index (χ4v) is 5.46. The molecule has 2 heterocycles. The fourth-order valence-electron chi connectivity index (χ4n) is 5.46. The van der Waals surface area contributed by atoms with E-state index in [1.165, 1.54) is 25.0 Å². The van der Waals surface area contributed by atoms with Gasteiger partial charge in [0.05, 0.1) is 12.1 Å². The summed E-state index contributed by atoms with van der Waals surface area (Å²) in [5.41, 5.74) is 3.48. The Morgan fingerprint density at radius 1 is 1.08 bits per heavy atom. The van der Waals surface area contributed by atoms with Gasteiger partial charge in [-0.2, -0.15) is 0 Å². The summed E-state index contributed by atoms with van der Waals surface area (Å²) in [5, 5.41) is 13.9. The largest absolute Gasteiger partial charge is 0.322 e. The van der Waals surface area contributed by atoms with E-state index in [0.717, 1.165) is 40.7 Å². The third-order valence-corrected chi connectivity index (χ3v) is 7.23. The summed E-state index contributed by atoms with van der Waals surface area (Å²) < 4.78 is 15.7. The monoisotopic (exact) mass is 488 g/mol. The zero-order chi connectivity index (χ0) is 25.2. The third kappa shape index (κ3) is 5.09. The minimum absolute atomic E-state index is 0.102. The van der Waals surface area contributed by atoms with E-state index in [0.29, 0.717) is 24.7 Å². The Morgan fingerprint density at radius 3 is 2.56 bits per heavy atom. The second-order valence-electron chi connectivity index (χ2n) is 10.4. The number of aromatic amines is 1. The Kier molecular flexibility index (Phi) is 6.96. The number of benzene rings is 2. The van der Waals surface area contributed by atoms with E-state index < -0.39 is 0 Å². The molecule has 1 aliphatic carbocycles. The average molecular weight is 489 g/mol. The van der Waals surface area contributed by atoms with Crippen molar-refractivity contribution in [2.45, 2.75) is 71.6 Å². The molecule has 0 aliphatic heterocycles. The summed E-state index contributed by atoms with van der Waals surface area (Å²) in [6, 6.07) is 14.8. The quantitative estimate of drug-likeness (QED) is 0.355. The second-order valence-corrected chi connectivity index (χ2v) is 10.4. The van der Waals surface area contributed by atoms with Crippen molar-refractivity contribution >= 4 is 10.9 Å². The van der Waals surface area contributed by atoms with Crippen molar-refractivity contribution in [3.05, 3.63) is 87.2 Å². The fraction of sp³-hybridized carbons (Fsp3) is 0.429. The molecule has 0 radical (unpaired) electrons. The van der Waals surface area contributed by atoms with Crippen LogP contribution in [0.25, 0.3) is 10.9 Å². The number of hydrogen-bond acceptors (Lipinski definition) is 5. The van der Waals surface area contributed by atoms with Crippen LogP contribution in [0.5, 0.6) is 0 Å². The van der Waals surface area contributed by atoms with Gasteiger partial charge in [-0.1, -0.05) is 51.0 Å². The Balaban J connectivity index is 1.56. The van der Waals surface area contributed by atoms with Crippen molar-refractivity contribution in [1.82, 2.24) is 30.1 Å². The van der Waals surface area contributed by atoms with Crippen molar-refractivity contribution in [3.8, 4) is 0 Å². The minimum atomic E-state index is -0.267. The molecule has 1 saturated carbocycles. The van der Waals surface area contributed by atoms with Gasteiger partial charge in [-0.15, -0.1) is 5.10 Å². The predicted molar refractivity (Wildman–Crippen MR) is 138 cm³/mol. The molecule has 7 nitrogen and oxygen atoms in total. The van der Waals surface area contributed by atoms with Crippen molar-refractivity contribution < 1.29 is 4.39 Å². The molecule has 188 valence electrons. The van der Waals surface area contributed by atoms with Crippen LogP contribution in [0.2, 0.25) is 0 Å². The van der Waals surface area contributed by atoms with E-state index in [9.17, 15) is 9.18 Å². The first kappa shape index (κ1) is 24.3. The molecule has 0 bridgehead atoms. The molecule has 1 fully saturated rings. The van der Waals surface area contributed by atoms with Gasteiger partial charge in [0.25, 0.3) is 5.56 Å². The summed E-state index contributed by atoms with van der Waals surface area (Å²) in [7, 11) is 0. The summed E-state index contributed by atoms with van der Waals surface area (Å²) in [5.74, 6) is 0.739. The summed E-state index contributed by atoms with van der Waals surface area (Å²) in [6.45, 7) is 7.27. The number of tetrazole rings is 1. The van der Waals surface area contributed by atoms with E-state index >= 15 is 0 Å². The number of nitrogens with zero attached hydrogens (tertiary/aromatic N) is 5. The highest BCUT2D eigenvalue weighted by molar-refractivity contribution is 5.79. The molecule has 1 atom stereocenters. The van der Waals surface area contributed by atoms with Gasteiger partial charge >= 0.3 is 0 Å². The lowest BCUT2D eigenvalue weighted by Crippen LogP contribution is -2.35. The van der Waals surface area contributed by atoms with Gasteiger partial charge in [0.15, 0.2) is 5.82 Å². The molecule has 5 rings (SSSR count). The predicted octanol–water partition coefficient (Wildman–Crippen LogP) is 5.48. The highest BCUT2D eigenvalue weighted by Crippen LogP contribution is 2.35.